The molecule has 1 atom stereocenters. The molecular weight excluding hydrogens is 244 g/mol. The van der Waals surface area contributed by atoms with Crippen LogP contribution in [-0.2, 0) is 4.79 Å². The van der Waals surface area contributed by atoms with Gasteiger partial charge in [0, 0.05) is 10.7 Å². The maximum atomic E-state index is 10.7. The molecule has 0 saturated heterocycles. The van der Waals surface area contributed by atoms with Gasteiger partial charge in [-0.2, -0.15) is 0 Å². The third-order valence-electron chi connectivity index (χ3n) is 2.05. The van der Waals surface area contributed by atoms with Crippen LogP contribution in [0.25, 0.3) is 0 Å². The van der Waals surface area contributed by atoms with Crippen molar-refractivity contribution in [2.45, 2.75) is 6.04 Å². The fourth-order valence-corrected chi connectivity index (χ4v) is 1.61. The first-order valence-electron chi connectivity index (χ1n) is 4.24. The van der Waals surface area contributed by atoms with E-state index in [4.69, 9.17) is 0 Å². The number of hydrogen-bond acceptors (Lipinski definition) is 3. The highest BCUT2D eigenvalue weighted by Gasteiger charge is 2.18. The molecule has 1 aliphatic heterocycles. The van der Waals surface area contributed by atoms with Gasteiger partial charge in [-0.1, -0.05) is 15.9 Å². The summed E-state index contributed by atoms with van der Waals surface area (Å²) in [4.78, 5) is 10.7. The predicted octanol–water partition coefficient (Wildman–Crippen LogP) is 1.85. The molecule has 14 heavy (non-hydrogen) atoms. The molecular formula is C10H9BrN2O. The Hall–Kier alpha value is -1.29. The van der Waals surface area contributed by atoms with Gasteiger partial charge < -0.3 is 10.2 Å². The van der Waals surface area contributed by atoms with Crippen LogP contribution >= 0.6 is 15.9 Å². The molecule has 3 nitrogen and oxygen atoms in total. The number of carbonyl (C=O) groups excluding carboxylic acids is 1. The number of carbonyl (C=O) groups is 1. The Morgan fingerprint density at radius 1 is 1.36 bits per heavy atom. The molecule has 0 fully saturated rings. The summed E-state index contributed by atoms with van der Waals surface area (Å²) in [5, 5.41) is 1.80. The van der Waals surface area contributed by atoms with E-state index in [1.54, 1.807) is 11.2 Å². The van der Waals surface area contributed by atoms with E-state index < -0.39 is 0 Å². The van der Waals surface area contributed by atoms with Crippen LogP contribution in [0.3, 0.4) is 0 Å². The Kier molecular flexibility index (Phi) is 2.54. The standard InChI is InChI=1S/C10H9BrN2O/c11-8-1-3-9(4-2-8)13-10(7-14)5-6-12-13/h1-7,10,12H. The largest absolute Gasteiger partial charge is 0.305 e. The van der Waals surface area contributed by atoms with Crippen molar-refractivity contribution in [1.82, 2.24) is 5.43 Å². The summed E-state index contributed by atoms with van der Waals surface area (Å²) in [7, 11) is 0. The van der Waals surface area contributed by atoms with Crippen molar-refractivity contribution in [1.29, 1.82) is 0 Å². The fourth-order valence-electron chi connectivity index (χ4n) is 1.35. The zero-order valence-electron chi connectivity index (χ0n) is 7.35. The minimum atomic E-state index is -0.212. The molecule has 1 aromatic carbocycles. The van der Waals surface area contributed by atoms with Crippen LogP contribution in [0.15, 0.2) is 41.0 Å². The van der Waals surface area contributed by atoms with Crippen LogP contribution < -0.4 is 10.4 Å². The van der Waals surface area contributed by atoms with Gasteiger partial charge in [0.05, 0.1) is 5.69 Å². The summed E-state index contributed by atoms with van der Waals surface area (Å²) >= 11 is 3.36. The average molecular weight is 253 g/mol. The van der Waals surface area contributed by atoms with Crippen molar-refractivity contribution >= 4 is 27.9 Å². The average Bonchev–Trinajstić information content (AvgIpc) is 2.67. The number of benzene rings is 1. The fraction of sp³-hybridized carbons (Fsp3) is 0.100. The molecule has 1 heterocycles. The van der Waals surface area contributed by atoms with Gasteiger partial charge in [0.1, 0.15) is 12.3 Å². The molecule has 2 rings (SSSR count). The number of rotatable bonds is 2. The number of hydrazine groups is 1. The Bertz CT molecular complexity index is 361. The Morgan fingerprint density at radius 3 is 2.71 bits per heavy atom. The maximum absolute atomic E-state index is 10.7. The van der Waals surface area contributed by atoms with Crippen LogP contribution in [-0.4, -0.2) is 12.3 Å². The van der Waals surface area contributed by atoms with Crippen LogP contribution in [0.1, 0.15) is 0 Å². The topological polar surface area (TPSA) is 32.3 Å². The molecule has 72 valence electrons. The van der Waals surface area contributed by atoms with E-state index in [0.29, 0.717) is 0 Å². The number of anilines is 1. The van der Waals surface area contributed by atoms with E-state index in [9.17, 15) is 4.79 Å². The molecule has 0 saturated carbocycles. The van der Waals surface area contributed by atoms with Crippen LogP contribution in [0.2, 0.25) is 0 Å². The number of aldehydes is 1. The van der Waals surface area contributed by atoms with E-state index in [2.05, 4.69) is 21.4 Å². The molecule has 0 radical (unpaired) electrons. The Balaban J connectivity index is 2.23. The molecule has 0 aliphatic carbocycles. The van der Waals surface area contributed by atoms with E-state index in [1.807, 2.05) is 30.3 Å². The quantitative estimate of drug-likeness (QED) is 0.816. The van der Waals surface area contributed by atoms with Crippen LogP contribution in [0.5, 0.6) is 0 Å². The van der Waals surface area contributed by atoms with Gasteiger partial charge in [-0.15, -0.1) is 0 Å². The highest BCUT2D eigenvalue weighted by atomic mass is 79.9. The lowest BCUT2D eigenvalue weighted by Crippen LogP contribution is -2.38. The molecule has 1 N–H and O–H groups in total. The second kappa shape index (κ2) is 3.84. The van der Waals surface area contributed by atoms with Gasteiger partial charge in [0.15, 0.2) is 0 Å². The van der Waals surface area contributed by atoms with Crippen molar-refractivity contribution in [3.63, 3.8) is 0 Å². The summed E-state index contributed by atoms with van der Waals surface area (Å²) in [5.41, 5.74) is 3.97. The zero-order valence-corrected chi connectivity index (χ0v) is 8.94. The van der Waals surface area contributed by atoms with E-state index in [1.165, 1.54) is 0 Å². The SMILES string of the molecule is O=CC1C=CNN1c1ccc(Br)cc1. The maximum Gasteiger partial charge on any atom is 0.148 e. The van der Waals surface area contributed by atoms with Gasteiger partial charge >= 0.3 is 0 Å². The summed E-state index contributed by atoms with van der Waals surface area (Å²) in [6, 6.07) is 7.56. The Labute approximate surface area is 90.5 Å². The van der Waals surface area contributed by atoms with E-state index in [-0.39, 0.29) is 6.04 Å². The van der Waals surface area contributed by atoms with Crippen LogP contribution in [0, 0.1) is 0 Å². The van der Waals surface area contributed by atoms with E-state index in [0.717, 1.165) is 16.4 Å². The van der Waals surface area contributed by atoms with Crippen molar-refractivity contribution in [3.05, 3.63) is 41.0 Å². The molecule has 0 amide bonds. The third-order valence-corrected chi connectivity index (χ3v) is 2.58. The number of halogens is 1. The van der Waals surface area contributed by atoms with Gasteiger partial charge in [0.25, 0.3) is 0 Å². The van der Waals surface area contributed by atoms with Crippen molar-refractivity contribution in [2.75, 3.05) is 5.01 Å². The third kappa shape index (κ3) is 1.65. The smallest absolute Gasteiger partial charge is 0.148 e. The minimum absolute atomic E-state index is 0.212. The molecule has 1 aromatic rings. The summed E-state index contributed by atoms with van der Waals surface area (Å²) in [6.07, 6.45) is 4.48. The summed E-state index contributed by atoms with van der Waals surface area (Å²) < 4.78 is 1.02. The van der Waals surface area contributed by atoms with Crippen molar-refractivity contribution in [3.8, 4) is 0 Å². The van der Waals surface area contributed by atoms with Gasteiger partial charge in [-0.3, -0.25) is 5.01 Å². The lowest BCUT2D eigenvalue weighted by molar-refractivity contribution is -0.108. The monoisotopic (exact) mass is 252 g/mol. The van der Waals surface area contributed by atoms with Gasteiger partial charge in [-0.25, -0.2) is 0 Å². The predicted molar refractivity (Wildman–Crippen MR) is 58.7 cm³/mol. The van der Waals surface area contributed by atoms with Crippen molar-refractivity contribution in [2.24, 2.45) is 0 Å². The first-order valence-corrected chi connectivity index (χ1v) is 5.03. The summed E-state index contributed by atoms with van der Waals surface area (Å²) in [5.74, 6) is 0. The van der Waals surface area contributed by atoms with Crippen LogP contribution in [0.4, 0.5) is 5.69 Å². The van der Waals surface area contributed by atoms with Gasteiger partial charge in [-0.05, 0) is 30.3 Å². The first-order chi connectivity index (χ1) is 6.81. The molecule has 1 aliphatic rings. The lowest BCUT2D eigenvalue weighted by Gasteiger charge is -2.22. The Morgan fingerprint density at radius 2 is 2.07 bits per heavy atom. The first kappa shape index (κ1) is 9.27. The van der Waals surface area contributed by atoms with E-state index >= 15 is 0 Å². The van der Waals surface area contributed by atoms with Crippen molar-refractivity contribution < 1.29 is 4.79 Å². The highest BCUT2D eigenvalue weighted by Crippen LogP contribution is 2.20. The summed E-state index contributed by atoms with van der Waals surface area (Å²) in [6.45, 7) is 0. The van der Waals surface area contributed by atoms with Gasteiger partial charge in [0.2, 0.25) is 0 Å². The minimum Gasteiger partial charge on any atom is -0.305 e. The highest BCUT2D eigenvalue weighted by molar-refractivity contribution is 9.10. The molecule has 0 spiro atoms. The molecule has 4 heteroatoms. The molecule has 1 unspecified atom stereocenters. The zero-order chi connectivity index (χ0) is 9.97. The normalized spacial score (nSPS) is 19.5. The number of nitrogens with one attached hydrogen (secondary N) is 1. The number of hydrogen-bond donors (Lipinski definition) is 1. The second-order valence-electron chi connectivity index (χ2n) is 2.96. The molecule has 0 aromatic heterocycles. The number of nitrogens with zero attached hydrogens (tertiary/aromatic N) is 1. The lowest BCUT2D eigenvalue weighted by atomic mass is 10.2. The molecule has 0 bridgehead atoms. The second-order valence-corrected chi connectivity index (χ2v) is 3.88.